The minimum atomic E-state index is -0.359. The van der Waals surface area contributed by atoms with Gasteiger partial charge in [0.15, 0.2) is 0 Å². The van der Waals surface area contributed by atoms with E-state index in [-0.39, 0.29) is 42.4 Å². The molecule has 0 bridgehead atoms. The molecule has 4 aliphatic rings. The third-order valence-electron chi connectivity index (χ3n) is 6.01. The Hall–Kier alpha value is -2.37. The summed E-state index contributed by atoms with van der Waals surface area (Å²) in [4.78, 5) is 43.2. The van der Waals surface area contributed by atoms with Crippen LogP contribution in [-0.2, 0) is 9.59 Å². The Morgan fingerprint density at radius 1 is 0.840 bits per heavy atom. The van der Waals surface area contributed by atoms with Crippen LogP contribution >= 0.6 is 0 Å². The van der Waals surface area contributed by atoms with Crippen molar-refractivity contribution in [2.45, 2.75) is 56.3 Å². The fraction of sp³-hybridized carbons (Fsp3) is 0.526. The molecule has 0 aromatic heterocycles. The molecule has 0 unspecified atom stereocenters. The average Bonchev–Trinajstić information content (AvgIpc) is 3.16. The molecule has 1 aromatic rings. The zero-order chi connectivity index (χ0) is 17.1. The minimum Gasteiger partial charge on any atom is -0.338 e. The van der Waals surface area contributed by atoms with Crippen molar-refractivity contribution >= 4 is 17.8 Å². The minimum absolute atomic E-state index is 0.0377. The van der Waals surface area contributed by atoms with Crippen LogP contribution in [0.25, 0.3) is 0 Å². The van der Waals surface area contributed by atoms with Gasteiger partial charge in [-0.15, -0.1) is 0 Å². The maximum Gasteiger partial charge on any atom is 0.328 e. The molecule has 3 atom stereocenters. The highest BCUT2D eigenvalue weighted by Crippen LogP contribution is 2.43. The summed E-state index contributed by atoms with van der Waals surface area (Å²) in [6.45, 7) is 0.511. The number of hydrogen-bond acceptors (Lipinski definition) is 3. The monoisotopic (exact) mass is 339 g/mol. The van der Waals surface area contributed by atoms with Gasteiger partial charge in [-0.3, -0.25) is 14.5 Å². The number of imide groups is 1. The topological polar surface area (TPSA) is 60.9 Å². The van der Waals surface area contributed by atoms with E-state index in [2.05, 4.69) is 0 Å². The second kappa shape index (κ2) is 5.31. The number of likely N-dealkylation sites (tertiary alicyclic amines) is 1. The SMILES string of the molecule is O=C1C[C@H](N2C(=O)[C@@H]3CC[C@@H](c4ccccc4)N3C2=O)CN1C1CC1. The van der Waals surface area contributed by atoms with Crippen molar-refractivity contribution in [3.05, 3.63) is 35.9 Å². The van der Waals surface area contributed by atoms with Crippen LogP contribution in [0.1, 0.15) is 43.7 Å². The highest BCUT2D eigenvalue weighted by Gasteiger charge is 2.55. The predicted molar refractivity (Wildman–Crippen MR) is 89.4 cm³/mol. The second-order valence-electron chi connectivity index (χ2n) is 7.55. The molecule has 1 aliphatic carbocycles. The molecule has 0 spiro atoms. The van der Waals surface area contributed by atoms with Gasteiger partial charge in [0.2, 0.25) is 5.91 Å². The first-order chi connectivity index (χ1) is 12.1. The summed E-state index contributed by atoms with van der Waals surface area (Å²) < 4.78 is 0. The van der Waals surface area contributed by atoms with Gasteiger partial charge in [-0.2, -0.15) is 0 Å². The van der Waals surface area contributed by atoms with Crippen molar-refractivity contribution in [1.82, 2.24) is 14.7 Å². The normalized spacial score (nSPS) is 32.1. The van der Waals surface area contributed by atoms with Crippen molar-refractivity contribution in [2.24, 2.45) is 0 Å². The van der Waals surface area contributed by atoms with E-state index in [4.69, 9.17) is 0 Å². The van der Waals surface area contributed by atoms with E-state index in [1.54, 1.807) is 4.90 Å². The summed E-state index contributed by atoms with van der Waals surface area (Å²) in [6.07, 6.45) is 3.90. The Morgan fingerprint density at radius 3 is 2.28 bits per heavy atom. The number of carbonyl (C=O) groups excluding carboxylic acids is 3. The van der Waals surface area contributed by atoms with Crippen molar-refractivity contribution < 1.29 is 14.4 Å². The summed E-state index contributed by atoms with van der Waals surface area (Å²) in [7, 11) is 0. The van der Waals surface area contributed by atoms with Crippen LogP contribution in [-0.4, -0.2) is 57.2 Å². The second-order valence-corrected chi connectivity index (χ2v) is 7.55. The van der Waals surface area contributed by atoms with Crippen LogP contribution in [0.2, 0.25) is 0 Å². The summed E-state index contributed by atoms with van der Waals surface area (Å²) >= 11 is 0. The Kier molecular flexibility index (Phi) is 3.17. The number of carbonyl (C=O) groups is 3. The molecule has 1 saturated carbocycles. The van der Waals surface area contributed by atoms with E-state index >= 15 is 0 Å². The Bertz CT molecular complexity index is 746. The molecule has 0 N–H and O–H groups in total. The molecule has 6 heteroatoms. The smallest absolute Gasteiger partial charge is 0.328 e. The zero-order valence-corrected chi connectivity index (χ0v) is 14.0. The predicted octanol–water partition coefficient (Wildman–Crippen LogP) is 1.92. The van der Waals surface area contributed by atoms with Crippen LogP contribution in [0.4, 0.5) is 4.79 Å². The van der Waals surface area contributed by atoms with Gasteiger partial charge in [-0.05, 0) is 31.2 Å². The molecule has 130 valence electrons. The average molecular weight is 339 g/mol. The van der Waals surface area contributed by atoms with Gasteiger partial charge in [0.1, 0.15) is 6.04 Å². The van der Waals surface area contributed by atoms with Crippen molar-refractivity contribution in [1.29, 1.82) is 0 Å². The molecule has 3 heterocycles. The number of urea groups is 1. The molecule has 25 heavy (non-hydrogen) atoms. The molecule has 0 radical (unpaired) electrons. The fourth-order valence-corrected chi connectivity index (χ4v) is 4.66. The number of amides is 4. The van der Waals surface area contributed by atoms with Gasteiger partial charge < -0.3 is 9.80 Å². The molecule has 3 aliphatic heterocycles. The number of benzene rings is 1. The molecule has 4 amide bonds. The van der Waals surface area contributed by atoms with Gasteiger partial charge in [-0.25, -0.2) is 4.79 Å². The molecule has 3 saturated heterocycles. The van der Waals surface area contributed by atoms with Crippen LogP contribution in [0, 0.1) is 0 Å². The largest absolute Gasteiger partial charge is 0.338 e. The summed E-state index contributed by atoms with van der Waals surface area (Å²) in [6, 6.07) is 9.34. The maximum absolute atomic E-state index is 13.1. The molecular formula is C19H21N3O3. The lowest BCUT2D eigenvalue weighted by Crippen LogP contribution is -2.43. The highest BCUT2D eigenvalue weighted by atomic mass is 16.2. The quantitative estimate of drug-likeness (QED) is 0.791. The molecule has 6 nitrogen and oxygen atoms in total. The lowest BCUT2D eigenvalue weighted by molar-refractivity contribution is -0.129. The van der Waals surface area contributed by atoms with Crippen molar-refractivity contribution in [3.63, 3.8) is 0 Å². The fourth-order valence-electron chi connectivity index (χ4n) is 4.66. The number of nitrogens with zero attached hydrogens (tertiary/aromatic N) is 3. The van der Waals surface area contributed by atoms with Gasteiger partial charge in [0, 0.05) is 19.0 Å². The summed E-state index contributed by atoms with van der Waals surface area (Å²) in [5.74, 6) is -0.0290. The molecular weight excluding hydrogens is 318 g/mol. The Labute approximate surface area is 146 Å². The third-order valence-corrected chi connectivity index (χ3v) is 6.01. The van der Waals surface area contributed by atoms with E-state index in [0.717, 1.165) is 24.8 Å². The van der Waals surface area contributed by atoms with Crippen molar-refractivity contribution in [2.75, 3.05) is 6.54 Å². The van der Waals surface area contributed by atoms with Crippen LogP contribution in [0.5, 0.6) is 0 Å². The first-order valence-corrected chi connectivity index (χ1v) is 9.15. The van der Waals surface area contributed by atoms with Gasteiger partial charge in [0.05, 0.1) is 12.1 Å². The molecule has 4 fully saturated rings. The van der Waals surface area contributed by atoms with Gasteiger partial charge >= 0.3 is 6.03 Å². The lowest BCUT2D eigenvalue weighted by atomic mass is 10.0. The van der Waals surface area contributed by atoms with Crippen LogP contribution in [0.3, 0.4) is 0 Å². The van der Waals surface area contributed by atoms with Crippen molar-refractivity contribution in [3.8, 4) is 0 Å². The number of fused-ring (bicyclic) bond motifs is 1. The summed E-state index contributed by atoms with van der Waals surface area (Å²) in [5.41, 5.74) is 1.08. The first kappa shape index (κ1) is 14.9. The Morgan fingerprint density at radius 2 is 1.56 bits per heavy atom. The maximum atomic E-state index is 13.1. The van der Waals surface area contributed by atoms with E-state index in [1.165, 1.54) is 4.90 Å². The summed E-state index contributed by atoms with van der Waals surface area (Å²) in [5, 5.41) is 0. The first-order valence-electron chi connectivity index (χ1n) is 9.15. The number of rotatable bonds is 3. The molecule has 5 rings (SSSR count). The van der Waals surface area contributed by atoms with E-state index < -0.39 is 0 Å². The van der Waals surface area contributed by atoms with Crippen LogP contribution in [0.15, 0.2) is 30.3 Å². The van der Waals surface area contributed by atoms with Crippen LogP contribution < -0.4 is 0 Å². The van der Waals surface area contributed by atoms with E-state index in [1.807, 2.05) is 35.2 Å². The van der Waals surface area contributed by atoms with Gasteiger partial charge in [0.25, 0.3) is 5.91 Å². The third kappa shape index (κ3) is 2.19. The van der Waals surface area contributed by atoms with E-state index in [0.29, 0.717) is 19.0 Å². The highest BCUT2D eigenvalue weighted by molar-refractivity contribution is 6.05. The van der Waals surface area contributed by atoms with Gasteiger partial charge in [-0.1, -0.05) is 30.3 Å². The van der Waals surface area contributed by atoms with E-state index in [9.17, 15) is 14.4 Å². The Balaban J connectivity index is 1.40. The molecule has 1 aromatic carbocycles. The zero-order valence-electron chi connectivity index (χ0n) is 14.0. The standard InChI is InChI=1S/C19H21N3O3/c23-17-10-14(11-20(17)13-6-7-13)21-18(24)16-9-8-15(22(16)19(21)25)12-4-2-1-3-5-12/h1-5,13-16H,6-11H2/t14-,15-,16-/m0/s1. The number of hydrogen-bond donors (Lipinski definition) is 0. The lowest BCUT2D eigenvalue weighted by Gasteiger charge is -2.26.